The van der Waals surface area contributed by atoms with Crippen LogP contribution in [0.25, 0.3) is 0 Å². The van der Waals surface area contributed by atoms with Crippen molar-refractivity contribution < 1.29 is 13.9 Å². The molecule has 1 N–H and O–H groups in total. The molecule has 5 heteroatoms. The van der Waals surface area contributed by atoms with Gasteiger partial charge in [0.25, 0.3) is 0 Å². The van der Waals surface area contributed by atoms with Gasteiger partial charge in [0.2, 0.25) is 0 Å². The number of rotatable bonds is 7. The molecule has 2 aromatic carbocycles. The fraction of sp³-hybridized carbons (Fsp3) is 0.294. The highest BCUT2D eigenvalue weighted by Gasteiger charge is 2.10. The van der Waals surface area contributed by atoms with Crippen LogP contribution in [-0.4, -0.2) is 13.7 Å². The molecule has 0 aromatic heterocycles. The summed E-state index contributed by atoms with van der Waals surface area (Å²) in [5.41, 5.74) is 1.89. The predicted octanol–water partition coefficient (Wildman–Crippen LogP) is 5.00. The van der Waals surface area contributed by atoms with E-state index in [0.717, 1.165) is 27.9 Å². The Morgan fingerprint density at radius 3 is 2.50 bits per heavy atom. The molecule has 0 heterocycles. The van der Waals surface area contributed by atoms with Crippen molar-refractivity contribution in [3.8, 4) is 11.5 Å². The van der Waals surface area contributed by atoms with Gasteiger partial charge in [-0.05, 0) is 48.4 Å². The summed E-state index contributed by atoms with van der Waals surface area (Å²) in [6, 6.07) is 10.1. The number of hydrogen-bond donors (Lipinski definition) is 1. The minimum absolute atomic E-state index is 0.245. The third-order valence-electron chi connectivity index (χ3n) is 3.12. The van der Waals surface area contributed by atoms with E-state index < -0.39 is 0 Å². The summed E-state index contributed by atoms with van der Waals surface area (Å²) < 4.78 is 24.9. The topological polar surface area (TPSA) is 30.5 Å². The summed E-state index contributed by atoms with van der Waals surface area (Å²) in [5.74, 6) is 1.18. The number of ether oxygens (including phenoxy) is 2. The van der Waals surface area contributed by atoms with Crippen LogP contribution in [0.15, 0.2) is 40.9 Å². The fourth-order valence-electron chi connectivity index (χ4n) is 1.96. The van der Waals surface area contributed by atoms with Crippen molar-refractivity contribution in [1.82, 2.24) is 0 Å². The molecule has 0 spiro atoms. The van der Waals surface area contributed by atoms with Gasteiger partial charge in [-0.15, -0.1) is 0 Å². The number of benzene rings is 2. The molecular weight excluding hydrogens is 349 g/mol. The molecule has 0 radical (unpaired) electrons. The van der Waals surface area contributed by atoms with Gasteiger partial charge < -0.3 is 14.8 Å². The Labute approximate surface area is 138 Å². The number of hydrogen-bond acceptors (Lipinski definition) is 3. The molecule has 0 aliphatic rings. The van der Waals surface area contributed by atoms with E-state index in [4.69, 9.17) is 9.47 Å². The number of halogens is 2. The van der Waals surface area contributed by atoms with Crippen LogP contribution in [-0.2, 0) is 6.54 Å². The maximum atomic E-state index is 12.9. The molecule has 0 bridgehead atoms. The summed E-state index contributed by atoms with van der Waals surface area (Å²) >= 11 is 3.55. The quantitative estimate of drug-likeness (QED) is 0.746. The van der Waals surface area contributed by atoms with E-state index in [1.165, 1.54) is 12.1 Å². The Kier molecular flexibility index (Phi) is 6.07. The van der Waals surface area contributed by atoms with Gasteiger partial charge in [-0.25, -0.2) is 4.39 Å². The van der Waals surface area contributed by atoms with Crippen LogP contribution in [0.3, 0.4) is 0 Å². The largest absolute Gasteiger partial charge is 0.493 e. The number of anilines is 1. The van der Waals surface area contributed by atoms with Crippen LogP contribution in [0.4, 0.5) is 10.1 Å². The number of nitrogens with one attached hydrogen (secondary N) is 1. The molecule has 118 valence electrons. The average molecular weight is 368 g/mol. The minimum Gasteiger partial charge on any atom is -0.493 e. The normalized spacial score (nSPS) is 10.4. The van der Waals surface area contributed by atoms with Crippen molar-refractivity contribution >= 4 is 21.6 Å². The van der Waals surface area contributed by atoms with Gasteiger partial charge in [0, 0.05) is 16.7 Å². The summed E-state index contributed by atoms with van der Waals surface area (Å²) in [5, 5.41) is 3.25. The van der Waals surface area contributed by atoms with Crippen molar-refractivity contribution in [3.63, 3.8) is 0 Å². The van der Waals surface area contributed by atoms with Crippen molar-refractivity contribution in [1.29, 1.82) is 0 Å². The number of methoxy groups -OCH3 is 1. The first kappa shape index (κ1) is 16.6. The molecule has 0 amide bonds. The molecule has 2 aromatic rings. The van der Waals surface area contributed by atoms with Crippen LogP contribution in [0.2, 0.25) is 0 Å². The van der Waals surface area contributed by atoms with Gasteiger partial charge >= 0.3 is 0 Å². The monoisotopic (exact) mass is 367 g/mol. The molecule has 2 rings (SSSR count). The summed E-state index contributed by atoms with van der Waals surface area (Å²) in [6.07, 6.45) is 0.939. The molecule has 0 atom stereocenters. The lowest BCUT2D eigenvalue weighted by atomic mass is 10.2. The van der Waals surface area contributed by atoms with Crippen molar-refractivity contribution in [2.45, 2.75) is 19.9 Å². The van der Waals surface area contributed by atoms with E-state index in [1.54, 1.807) is 19.2 Å². The molecule has 0 fully saturated rings. The molecule has 0 saturated heterocycles. The van der Waals surface area contributed by atoms with Crippen molar-refractivity contribution in [2.75, 3.05) is 19.0 Å². The molecule has 0 saturated carbocycles. The molecule has 3 nitrogen and oxygen atoms in total. The Morgan fingerprint density at radius 2 is 1.86 bits per heavy atom. The average Bonchev–Trinajstić information content (AvgIpc) is 2.53. The van der Waals surface area contributed by atoms with E-state index in [-0.39, 0.29) is 5.82 Å². The minimum atomic E-state index is -0.245. The fourth-order valence-corrected chi connectivity index (χ4v) is 2.42. The van der Waals surface area contributed by atoms with Gasteiger partial charge in [-0.3, -0.25) is 0 Å². The Bertz CT molecular complexity index is 617. The van der Waals surface area contributed by atoms with E-state index in [2.05, 4.69) is 28.2 Å². The predicted molar refractivity (Wildman–Crippen MR) is 90.2 cm³/mol. The van der Waals surface area contributed by atoms with Gasteiger partial charge in [0.15, 0.2) is 11.5 Å². The van der Waals surface area contributed by atoms with Crippen LogP contribution >= 0.6 is 15.9 Å². The Morgan fingerprint density at radius 1 is 1.14 bits per heavy atom. The lowest BCUT2D eigenvalue weighted by Crippen LogP contribution is -2.03. The molecule has 0 aliphatic heterocycles. The van der Waals surface area contributed by atoms with Gasteiger partial charge in [-0.1, -0.05) is 22.9 Å². The van der Waals surface area contributed by atoms with Gasteiger partial charge in [-0.2, -0.15) is 0 Å². The smallest absolute Gasteiger partial charge is 0.162 e. The standard InChI is InChI=1S/C17H19BrFNO2/c1-3-8-22-17-10-15(18)12(9-16(17)21-2)11-20-14-6-4-13(19)5-7-14/h4-7,9-10,20H,3,8,11H2,1-2H3. The highest BCUT2D eigenvalue weighted by molar-refractivity contribution is 9.10. The van der Waals surface area contributed by atoms with Crippen LogP contribution in [0, 0.1) is 5.82 Å². The lowest BCUT2D eigenvalue weighted by Gasteiger charge is -2.14. The first-order chi connectivity index (χ1) is 10.6. The lowest BCUT2D eigenvalue weighted by molar-refractivity contribution is 0.294. The maximum absolute atomic E-state index is 12.9. The molecular formula is C17H19BrFNO2. The summed E-state index contributed by atoms with van der Waals surface area (Å²) in [4.78, 5) is 0. The van der Waals surface area contributed by atoms with E-state index >= 15 is 0 Å². The zero-order valence-electron chi connectivity index (χ0n) is 12.7. The highest BCUT2D eigenvalue weighted by Crippen LogP contribution is 2.34. The SMILES string of the molecule is CCCOc1cc(Br)c(CNc2ccc(F)cc2)cc1OC. The zero-order chi connectivity index (χ0) is 15.9. The second-order valence-electron chi connectivity index (χ2n) is 4.80. The third kappa shape index (κ3) is 4.37. The maximum Gasteiger partial charge on any atom is 0.162 e. The van der Waals surface area contributed by atoms with Crippen LogP contribution in [0.1, 0.15) is 18.9 Å². The third-order valence-corrected chi connectivity index (χ3v) is 3.86. The second-order valence-corrected chi connectivity index (χ2v) is 5.66. The first-order valence-corrected chi connectivity index (χ1v) is 7.92. The molecule has 22 heavy (non-hydrogen) atoms. The van der Waals surface area contributed by atoms with Crippen molar-refractivity contribution in [2.24, 2.45) is 0 Å². The Hall–Kier alpha value is -1.75. The van der Waals surface area contributed by atoms with E-state index in [9.17, 15) is 4.39 Å². The highest BCUT2D eigenvalue weighted by atomic mass is 79.9. The van der Waals surface area contributed by atoms with E-state index in [1.807, 2.05) is 12.1 Å². The van der Waals surface area contributed by atoms with Gasteiger partial charge in [0.1, 0.15) is 5.82 Å². The van der Waals surface area contributed by atoms with Crippen LogP contribution < -0.4 is 14.8 Å². The summed E-state index contributed by atoms with van der Waals surface area (Å²) in [7, 11) is 1.62. The van der Waals surface area contributed by atoms with Gasteiger partial charge in [0.05, 0.1) is 13.7 Å². The Balaban J connectivity index is 2.11. The van der Waals surface area contributed by atoms with E-state index in [0.29, 0.717) is 18.9 Å². The van der Waals surface area contributed by atoms with Crippen LogP contribution in [0.5, 0.6) is 11.5 Å². The summed E-state index contributed by atoms with van der Waals surface area (Å²) in [6.45, 7) is 3.30. The molecule has 0 unspecified atom stereocenters. The molecule has 0 aliphatic carbocycles. The second kappa shape index (κ2) is 8.03. The van der Waals surface area contributed by atoms with Crippen molar-refractivity contribution in [3.05, 3.63) is 52.3 Å². The zero-order valence-corrected chi connectivity index (χ0v) is 14.2. The first-order valence-electron chi connectivity index (χ1n) is 7.12.